The summed E-state index contributed by atoms with van der Waals surface area (Å²) < 4.78 is 0. The Morgan fingerprint density at radius 1 is 1.10 bits per heavy atom. The quantitative estimate of drug-likeness (QED) is 0.754. The minimum atomic E-state index is -0.302. The van der Waals surface area contributed by atoms with Gasteiger partial charge in [-0.1, -0.05) is 30.3 Å². The second kappa shape index (κ2) is 5.25. The normalized spacial score (nSPS) is 10.5. The van der Waals surface area contributed by atoms with Gasteiger partial charge in [-0.2, -0.15) is 0 Å². The lowest BCUT2D eigenvalue weighted by Crippen LogP contribution is -2.13. The molecule has 0 aliphatic carbocycles. The Kier molecular flexibility index (Phi) is 3.28. The summed E-state index contributed by atoms with van der Waals surface area (Å²) in [5.41, 5.74) is 2.42. The molecule has 0 atom stereocenters. The molecule has 0 aliphatic heterocycles. The number of carbonyl (C=O) groups excluding carboxylic acids is 1. The molecule has 2 N–H and O–H groups in total. The van der Waals surface area contributed by atoms with E-state index in [2.05, 4.69) is 10.3 Å². The largest absolute Gasteiger partial charge is 0.508 e. The smallest absolute Gasteiger partial charge is 0.274 e. The van der Waals surface area contributed by atoms with Crippen molar-refractivity contribution in [2.75, 3.05) is 5.32 Å². The first-order valence-corrected chi connectivity index (χ1v) is 6.60. The number of nitrogens with zero attached hydrogens (tertiary/aromatic N) is 1. The van der Waals surface area contributed by atoms with Crippen LogP contribution in [-0.2, 0) is 0 Å². The van der Waals surface area contributed by atoms with Crippen molar-refractivity contribution in [3.8, 4) is 5.75 Å². The lowest BCUT2D eigenvalue weighted by Gasteiger charge is -2.07. The first-order chi connectivity index (χ1) is 10.1. The fourth-order valence-corrected chi connectivity index (χ4v) is 2.07. The molecule has 4 heteroatoms. The van der Waals surface area contributed by atoms with Crippen molar-refractivity contribution in [3.05, 3.63) is 65.9 Å². The van der Waals surface area contributed by atoms with E-state index < -0.39 is 0 Å². The molecular weight excluding hydrogens is 264 g/mol. The summed E-state index contributed by atoms with van der Waals surface area (Å²) in [5, 5.41) is 13.4. The van der Waals surface area contributed by atoms with Gasteiger partial charge in [0.05, 0.1) is 5.52 Å². The molecule has 0 saturated carbocycles. The van der Waals surface area contributed by atoms with Gasteiger partial charge < -0.3 is 10.4 Å². The number of aromatic hydroxyl groups is 1. The first kappa shape index (κ1) is 13.1. The summed E-state index contributed by atoms with van der Waals surface area (Å²) in [4.78, 5) is 16.5. The van der Waals surface area contributed by atoms with Crippen molar-refractivity contribution >= 4 is 22.5 Å². The molecule has 4 nitrogen and oxygen atoms in total. The van der Waals surface area contributed by atoms with Crippen LogP contribution < -0.4 is 5.32 Å². The topological polar surface area (TPSA) is 62.2 Å². The highest BCUT2D eigenvalue weighted by atomic mass is 16.3. The number of pyridine rings is 1. The van der Waals surface area contributed by atoms with Crippen molar-refractivity contribution in [1.29, 1.82) is 0 Å². The highest BCUT2D eigenvalue weighted by Gasteiger charge is 2.09. The molecule has 3 rings (SSSR count). The van der Waals surface area contributed by atoms with Gasteiger partial charge in [-0.15, -0.1) is 0 Å². The zero-order valence-electron chi connectivity index (χ0n) is 11.5. The molecular formula is C17H14N2O2. The number of amides is 1. The number of nitrogens with one attached hydrogen (secondary N) is 1. The maximum absolute atomic E-state index is 12.2. The SMILES string of the molecule is Cc1ccc(NC(=O)c2ccc3ccccc3n2)cc1O. The molecule has 0 fully saturated rings. The van der Waals surface area contributed by atoms with Crippen LogP contribution in [0, 0.1) is 6.92 Å². The maximum Gasteiger partial charge on any atom is 0.274 e. The number of phenolic OH excluding ortho intramolecular Hbond substituents is 1. The molecule has 0 bridgehead atoms. The second-order valence-electron chi connectivity index (χ2n) is 4.84. The van der Waals surface area contributed by atoms with Crippen LogP contribution in [0.1, 0.15) is 16.1 Å². The molecule has 0 aliphatic rings. The molecule has 1 amide bonds. The summed E-state index contributed by atoms with van der Waals surface area (Å²) in [7, 11) is 0. The molecule has 21 heavy (non-hydrogen) atoms. The van der Waals surface area contributed by atoms with Crippen molar-refractivity contribution < 1.29 is 9.90 Å². The van der Waals surface area contributed by atoms with E-state index in [-0.39, 0.29) is 11.7 Å². The van der Waals surface area contributed by atoms with E-state index >= 15 is 0 Å². The van der Waals surface area contributed by atoms with Gasteiger partial charge in [0.1, 0.15) is 11.4 Å². The van der Waals surface area contributed by atoms with Gasteiger partial charge in [0.25, 0.3) is 5.91 Å². The van der Waals surface area contributed by atoms with Crippen molar-refractivity contribution in [2.24, 2.45) is 0 Å². The highest BCUT2D eigenvalue weighted by Crippen LogP contribution is 2.21. The molecule has 1 aromatic heterocycles. The number of benzene rings is 2. The molecule has 3 aromatic rings. The number of anilines is 1. The van der Waals surface area contributed by atoms with Gasteiger partial charge in [-0.3, -0.25) is 4.79 Å². The summed E-state index contributed by atoms with van der Waals surface area (Å²) in [6, 6.07) is 16.2. The van der Waals surface area contributed by atoms with E-state index in [0.717, 1.165) is 16.5 Å². The van der Waals surface area contributed by atoms with Crippen molar-refractivity contribution in [2.45, 2.75) is 6.92 Å². The fourth-order valence-electron chi connectivity index (χ4n) is 2.07. The third-order valence-corrected chi connectivity index (χ3v) is 3.30. The van der Waals surface area contributed by atoms with E-state index in [1.54, 1.807) is 25.1 Å². The minimum absolute atomic E-state index is 0.152. The Balaban J connectivity index is 1.87. The maximum atomic E-state index is 12.2. The van der Waals surface area contributed by atoms with Gasteiger partial charge in [-0.05, 0) is 30.7 Å². The van der Waals surface area contributed by atoms with E-state index in [0.29, 0.717) is 11.4 Å². The monoisotopic (exact) mass is 278 g/mol. The molecule has 1 heterocycles. The lowest BCUT2D eigenvalue weighted by molar-refractivity contribution is 0.102. The third kappa shape index (κ3) is 2.69. The van der Waals surface area contributed by atoms with E-state index in [1.807, 2.05) is 30.3 Å². The zero-order chi connectivity index (χ0) is 14.8. The second-order valence-corrected chi connectivity index (χ2v) is 4.84. The summed E-state index contributed by atoms with van der Waals surface area (Å²) in [6.45, 7) is 1.80. The Labute approximate surface area is 122 Å². The number of hydrogen-bond donors (Lipinski definition) is 2. The van der Waals surface area contributed by atoms with Gasteiger partial charge in [-0.25, -0.2) is 4.98 Å². The van der Waals surface area contributed by atoms with Crippen LogP contribution in [0.3, 0.4) is 0 Å². The predicted molar refractivity (Wildman–Crippen MR) is 82.5 cm³/mol. The van der Waals surface area contributed by atoms with Crippen LogP contribution in [0.25, 0.3) is 10.9 Å². The summed E-state index contributed by atoms with van der Waals surface area (Å²) in [6.07, 6.45) is 0. The van der Waals surface area contributed by atoms with Crippen LogP contribution in [0.15, 0.2) is 54.6 Å². The van der Waals surface area contributed by atoms with E-state index in [4.69, 9.17) is 0 Å². The van der Waals surface area contributed by atoms with Gasteiger partial charge in [0.2, 0.25) is 0 Å². The van der Waals surface area contributed by atoms with Gasteiger partial charge in [0.15, 0.2) is 0 Å². The Morgan fingerprint density at radius 3 is 2.71 bits per heavy atom. The zero-order valence-corrected chi connectivity index (χ0v) is 11.5. The molecule has 2 aromatic carbocycles. The van der Waals surface area contributed by atoms with Crippen molar-refractivity contribution in [1.82, 2.24) is 4.98 Å². The molecule has 0 spiro atoms. The number of aromatic nitrogens is 1. The fraction of sp³-hybridized carbons (Fsp3) is 0.0588. The Morgan fingerprint density at radius 2 is 1.90 bits per heavy atom. The number of aryl methyl sites for hydroxylation is 1. The molecule has 0 radical (unpaired) electrons. The van der Waals surface area contributed by atoms with E-state index in [9.17, 15) is 9.90 Å². The standard InChI is InChI=1S/C17H14N2O2/c1-11-6-8-13(10-16(11)20)18-17(21)15-9-7-12-4-2-3-5-14(12)19-15/h2-10,20H,1H3,(H,18,21). The highest BCUT2D eigenvalue weighted by molar-refractivity contribution is 6.04. The van der Waals surface area contributed by atoms with Crippen molar-refractivity contribution in [3.63, 3.8) is 0 Å². The van der Waals surface area contributed by atoms with Crippen LogP contribution >= 0.6 is 0 Å². The summed E-state index contributed by atoms with van der Waals surface area (Å²) >= 11 is 0. The average Bonchev–Trinajstić information content (AvgIpc) is 2.50. The number of rotatable bonds is 2. The third-order valence-electron chi connectivity index (χ3n) is 3.30. The van der Waals surface area contributed by atoms with Gasteiger partial charge >= 0.3 is 0 Å². The van der Waals surface area contributed by atoms with Crippen LogP contribution in [0.2, 0.25) is 0 Å². The molecule has 0 unspecified atom stereocenters. The Bertz CT molecular complexity index is 828. The summed E-state index contributed by atoms with van der Waals surface area (Å²) in [5.74, 6) is -0.150. The Hall–Kier alpha value is -2.88. The van der Waals surface area contributed by atoms with Crippen LogP contribution in [-0.4, -0.2) is 16.0 Å². The number of phenols is 1. The predicted octanol–water partition coefficient (Wildman–Crippen LogP) is 3.50. The molecule has 0 saturated heterocycles. The van der Waals surface area contributed by atoms with Crippen LogP contribution in [0.4, 0.5) is 5.69 Å². The average molecular weight is 278 g/mol. The first-order valence-electron chi connectivity index (χ1n) is 6.60. The van der Waals surface area contributed by atoms with Crippen LogP contribution in [0.5, 0.6) is 5.75 Å². The minimum Gasteiger partial charge on any atom is -0.508 e. The van der Waals surface area contributed by atoms with Gasteiger partial charge in [0, 0.05) is 17.1 Å². The van der Waals surface area contributed by atoms with E-state index in [1.165, 1.54) is 6.07 Å². The number of hydrogen-bond acceptors (Lipinski definition) is 3. The number of fused-ring (bicyclic) bond motifs is 1. The number of carbonyl (C=O) groups is 1. The molecule has 104 valence electrons. The lowest BCUT2D eigenvalue weighted by atomic mass is 10.2. The number of para-hydroxylation sites is 1.